The van der Waals surface area contributed by atoms with Crippen molar-refractivity contribution in [2.75, 3.05) is 11.9 Å². The van der Waals surface area contributed by atoms with Gasteiger partial charge in [-0.15, -0.1) is 0 Å². The highest BCUT2D eigenvalue weighted by Crippen LogP contribution is 2.31. The average molecular weight is 343 g/mol. The minimum atomic E-state index is -0.925. The molecule has 5 amide bonds. The molecule has 0 aromatic heterocycles. The number of amides is 5. The van der Waals surface area contributed by atoms with Crippen molar-refractivity contribution < 1.29 is 19.2 Å². The molecule has 0 radical (unpaired) electrons. The van der Waals surface area contributed by atoms with Crippen molar-refractivity contribution in [1.82, 2.24) is 9.80 Å². The van der Waals surface area contributed by atoms with Gasteiger partial charge < -0.3 is 5.32 Å². The Morgan fingerprint density at radius 1 is 1.08 bits per heavy atom. The van der Waals surface area contributed by atoms with Gasteiger partial charge in [-0.1, -0.05) is 38.0 Å². The van der Waals surface area contributed by atoms with Crippen LogP contribution in [0.5, 0.6) is 0 Å². The molecular formula is C18H21N3O4. The Morgan fingerprint density at radius 2 is 1.76 bits per heavy atom. The second-order valence-electron chi connectivity index (χ2n) is 6.59. The largest absolute Gasteiger partial charge is 0.334 e. The van der Waals surface area contributed by atoms with Gasteiger partial charge in [0, 0.05) is 11.7 Å². The number of anilines is 1. The summed E-state index contributed by atoms with van der Waals surface area (Å²) in [4.78, 5) is 51.0. The Kier molecular flexibility index (Phi) is 4.83. The number of nitrogens with zero attached hydrogens (tertiary/aromatic N) is 2. The molecule has 7 heteroatoms. The van der Waals surface area contributed by atoms with E-state index in [1.54, 1.807) is 24.3 Å². The van der Waals surface area contributed by atoms with Crippen LogP contribution in [0.3, 0.4) is 0 Å². The number of para-hydroxylation sites is 1. The summed E-state index contributed by atoms with van der Waals surface area (Å²) in [6.07, 6.45) is 3.61. The third-order valence-corrected chi connectivity index (χ3v) is 4.84. The number of hydrogen-bond donors (Lipinski definition) is 1. The van der Waals surface area contributed by atoms with E-state index in [2.05, 4.69) is 5.32 Å². The van der Waals surface area contributed by atoms with Crippen molar-refractivity contribution in [3.05, 3.63) is 30.3 Å². The van der Waals surface area contributed by atoms with Gasteiger partial charge in [0.1, 0.15) is 6.54 Å². The summed E-state index contributed by atoms with van der Waals surface area (Å²) < 4.78 is 0. The summed E-state index contributed by atoms with van der Waals surface area (Å²) >= 11 is 0. The van der Waals surface area contributed by atoms with E-state index in [1.807, 2.05) is 13.0 Å². The van der Waals surface area contributed by atoms with Crippen LogP contribution in [-0.4, -0.2) is 46.1 Å². The fourth-order valence-electron chi connectivity index (χ4n) is 3.50. The van der Waals surface area contributed by atoms with Gasteiger partial charge in [0.05, 0.1) is 0 Å². The second-order valence-corrected chi connectivity index (χ2v) is 6.59. The highest BCUT2D eigenvalue weighted by atomic mass is 16.2. The zero-order valence-corrected chi connectivity index (χ0v) is 14.1. The average Bonchev–Trinajstić information content (AvgIpc) is 2.80. The van der Waals surface area contributed by atoms with Crippen molar-refractivity contribution in [1.29, 1.82) is 0 Å². The normalized spacial score (nSPS) is 24.0. The Morgan fingerprint density at radius 3 is 2.44 bits per heavy atom. The molecule has 1 saturated heterocycles. The van der Waals surface area contributed by atoms with Crippen molar-refractivity contribution >= 4 is 29.4 Å². The number of urea groups is 1. The Hall–Kier alpha value is -2.70. The highest BCUT2D eigenvalue weighted by Gasteiger charge is 2.49. The molecule has 1 saturated carbocycles. The van der Waals surface area contributed by atoms with Gasteiger partial charge in [-0.25, -0.2) is 9.69 Å². The first kappa shape index (κ1) is 17.1. The van der Waals surface area contributed by atoms with Gasteiger partial charge in [0.2, 0.25) is 5.91 Å². The number of imide groups is 2. The van der Waals surface area contributed by atoms with Crippen LogP contribution in [0.4, 0.5) is 10.5 Å². The molecule has 3 rings (SSSR count). The zero-order chi connectivity index (χ0) is 18.0. The SMILES string of the molecule is C[C@@H]1CCCC[C@H]1N1C(=O)C(=O)N(CC(=O)Nc2ccccc2)C1=O. The summed E-state index contributed by atoms with van der Waals surface area (Å²) in [5.74, 6) is -2.10. The molecule has 1 aromatic carbocycles. The maximum Gasteiger partial charge on any atom is 0.334 e. The minimum Gasteiger partial charge on any atom is -0.325 e. The lowest BCUT2D eigenvalue weighted by Crippen LogP contribution is -2.46. The van der Waals surface area contributed by atoms with Crippen LogP contribution in [0.15, 0.2) is 30.3 Å². The zero-order valence-electron chi connectivity index (χ0n) is 14.1. The maximum absolute atomic E-state index is 12.6. The molecule has 1 heterocycles. The third kappa shape index (κ3) is 3.40. The fraction of sp³-hybridized carbons (Fsp3) is 0.444. The molecular weight excluding hydrogens is 322 g/mol. The van der Waals surface area contributed by atoms with Crippen LogP contribution in [0.2, 0.25) is 0 Å². The van der Waals surface area contributed by atoms with Gasteiger partial charge >= 0.3 is 17.8 Å². The first-order valence-corrected chi connectivity index (χ1v) is 8.53. The topological polar surface area (TPSA) is 86.8 Å². The summed E-state index contributed by atoms with van der Waals surface area (Å²) in [5.41, 5.74) is 0.565. The quantitative estimate of drug-likeness (QED) is 0.669. The number of carbonyl (C=O) groups excluding carboxylic acids is 4. The molecule has 0 bridgehead atoms. The van der Waals surface area contributed by atoms with Gasteiger partial charge in [0.15, 0.2) is 0 Å². The van der Waals surface area contributed by atoms with Crippen molar-refractivity contribution in [3.8, 4) is 0 Å². The van der Waals surface area contributed by atoms with Crippen LogP contribution in [0.1, 0.15) is 32.6 Å². The van der Waals surface area contributed by atoms with Crippen molar-refractivity contribution in [2.24, 2.45) is 5.92 Å². The van der Waals surface area contributed by atoms with Gasteiger partial charge in [-0.05, 0) is 30.9 Å². The first-order chi connectivity index (χ1) is 12.0. The molecule has 2 fully saturated rings. The van der Waals surface area contributed by atoms with Crippen molar-refractivity contribution in [2.45, 2.75) is 38.6 Å². The van der Waals surface area contributed by atoms with Gasteiger partial charge in [-0.2, -0.15) is 0 Å². The van der Waals surface area contributed by atoms with E-state index in [9.17, 15) is 19.2 Å². The predicted molar refractivity (Wildman–Crippen MR) is 90.4 cm³/mol. The summed E-state index contributed by atoms with van der Waals surface area (Å²) in [7, 11) is 0. The van der Waals surface area contributed by atoms with Crippen LogP contribution >= 0.6 is 0 Å². The summed E-state index contributed by atoms with van der Waals surface area (Å²) in [6.45, 7) is 1.52. The molecule has 1 N–H and O–H groups in total. The number of nitrogens with one attached hydrogen (secondary N) is 1. The third-order valence-electron chi connectivity index (χ3n) is 4.84. The lowest BCUT2D eigenvalue weighted by molar-refractivity contribution is -0.145. The van der Waals surface area contributed by atoms with Crippen LogP contribution in [0.25, 0.3) is 0 Å². The molecule has 1 aromatic rings. The lowest BCUT2D eigenvalue weighted by atomic mass is 9.85. The van der Waals surface area contributed by atoms with Gasteiger partial charge in [0.25, 0.3) is 0 Å². The van der Waals surface area contributed by atoms with E-state index in [1.165, 1.54) is 0 Å². The monoisotopic (exact) mass is 343 g/mol. The summed E-state index contributed by atoms with van der Waals surface area (Å²) in [5, 5.41) is 2.61. The molecule has 25 heavy (non-hydrogen) atoms. The number of hydrogen-bond acceptors (Lipinski definition) is 4. The Bertz CT molecular complexity index is 704. The maximum atomic E-state index is 12.6. The fourth-order valence-corrected chi connectivity index (χ4v) is 3.50. The van der Waals surface area contributed by atoms with Crippen LogP contribution < -0.4 is 5.32 Å². The first-order valence-electron chi connectivity index (χ1n) is 8.53. The molecule has 132 valence electrons. The van der Waals surface area contributed by atoms with Crippen LogP contribution in [0, 0.1) is 5.92 Å². The molecule has 7 nitrogen and oxygen atoms in total. The molecule has 1 aliphatic heterocycles. The molecule has 2 aliphatic rings. The van der Waals surface area contributed by atoms with Gasteiger partial charge in [-0.3, -0.25) is 19.3 Å². The smallest absolute Gasteiger partial charge is 0.325 e. The highest BCUT2D eigenvalue weighted by molar-refractivity contribution is 6.45. The lowest BCUT2D eigenvalue weighted by Gasteiger charge is -2.34. The van der Waals surface area contributed by atoms with Crippen LogP contribution in [-0.2, 0) is 14.4 Å². The van der Waals surface area contributed by atoms with E-state index in [0.29, 0.717) is 12.1 Å². The Labute approximate surface area is 146 Å². The predicted octanol–water partition coefficient (Wildman–Crippen LogP) is 1.99. The summed E-state index contributed by atoms with van der Waals surface area (Å²) in [6, 6.07) is 7.79. The van der Waals surface area contributed by atoms with E-state index in [-0.39, 0.29) is 12.0 Å². The van der Waals surface area contributed by atoms with E-state index >= 15 is 0 Å². The van der Waals surface area contributed by atoms with E-state index in [4.69, 9.17) is 0 Å². The van der Waals surface area contributed by atoms with E-state index in [0.717, 1.165) is 29.1 Å². The molecule has 0 unspecified atom stereocenters. The standard InChI is InChI=1S/C18H21N3O4/c1-12-7-5-6-10-14(12)21-17(24)16(23)20(18(21)25)11-15(22)19-13-8-3-2-4-9-13/h2-4,8-9,12,14H,5-7,10-11H2,1H3,(H,19,22)/t12-,14-/m1/s1. The molecule has 1 aliphatic carbocycles. The number of rotatable bonds is 4. The Balaban J connectivity index is 1.70. The second kappa shape index (κ2) is 7.04. The van der Waals surface area contributed by atoms with Crippen molar-refractivity contribution in [3.63, 3.8) is 0 Å². The number of carbonyl (C=O) groups is 4. The van der Waals surface area contributed by atoms with E-state index < -0.39 is 30.3 Å². The number of benzene rings is 1. The molecule has 2 atom stereocenters. The molecule has 0 spiro atoms. The minimum absolute atomic E-state index is 0.160.